The zero-order chi connectivity index (χ0) is 31.8. The monoisotopic (exact) mass is 700 g/mol. The molecule has 0 radical (unpaired) electrons. The number of allylic oxidation sites excluding steroid dienone is 1. The number of halogens is 7. The van der Waals surface area contributed by atoms with Crippen LogP contribution in [0.2, 0.25) is 20.1 Å². The third kappa shape index (κ3) is 6.69. The molecule has 1 aromatic heterocycles. The summed E-state index contributed by atoms with van der Waals surface area (Å²) in [5, 5.41) is 1.18. The lowest BCUT2D eigenvalue weighted by Gasteiger charge is -2.26. The summed E-state index contributed by atoms with van der Waals surface area (Å²) in [6, 6.07) is 14.2. The highest BCUT2D eigenvalue weighted by molar-refractivity contribution is 7.07. The number of ether oxygens (including phenoxy) is 2. The van der Waals surface area contributed by atoms with Crippen molar-refractivity contribution in [1.82, 2.24) is 4.57 Å². The van der Waals surface area contributed by atoms with E-state index in [0.29, 0.717) is 26.9 Å². The van der Waals surface area contributed by atoms with Gasteiger partial charge in [-0.25, -0.2) is 9.79 Å². The van der Waals surface area contributed by atoms with Gasteiger partial charge in [-0.1, -0.05) is 82.0 Å². The average Bonchev–Trinajstić information content (AvgIpc) is 3.26. The molecule has 5 rings (SSSR count). The fraction of sp³-hybridized carbons (Fsp3) is 0.167. The molecule has 0 saturated heterocycles. The maximum absolute atomic E-state index is 14.4. The predicted molar refractivity (Wildman–Crippen MR) is 164 cm³/mol. The van der Waals surface area contributed by atoms with E-state index in [-0.39, 0.29) is 43.9 Å². The van der Waals surface area contributed by atoms with E-state index in [4.69, 9.17) is 55.9 Å². The predicted octanol–water partition coefficient (Wildman–Crippen LogP) is 7.53. The number of esters is 1. The highest BCUT2D eigenvalue weighted by Crippen LogP contribution is 2.39. The van der Waals surface area contributed by atoms with E-state index in [9.17, 15) is 22.8 Å². The first kappa shape index (κ1) is 32.1. The Bertz CT molecular complexity index is 1970. The second-order valence-corrected chi connectivity index (χ2v) is 12.1. The molecule has 0 unspecified atom stereocenters. The smallest absolute Gasteiger partial charge is 0.434 e. The Balaban J connectivity index is 1.71. The van der Waals surface area contributed by atoms with Crippen molar-refractivity contribution >= 4 is 69.8 Å². The molecule has 0 amide bonds. The van der Waals surface area contributed by atoms with E-state index >= 15 is 0 Å². The van der Waals surface area contributed by atoms with E-state index in [1.54, 1.807) is 24.3 Å². The molecule has 4 aromatic rings. The molecule has 0 fully saturated rings. The topological polar surface area (TPSA) is 69.9 Å². The maximum Gasteiger partial charge on any atom is 0.434 e. The van der Waals surface area contributed by atoms with Crippen LogP contribution in [0.4, 0.5) is 13.2 Å². The first-order chi connectivity index (χ1) is 20.9. The normalized spacial score (nSPS) is 15.2. The summed E-state index contributed by atoms with van der Waals surface area (Å²) in [5.41, 5.74) is -1.77. The minimum atomic E-state index is -5.04. The number of rotatable bonds is 7. The van der Waals surface area contributed by atoms with Gasteiger partial charge >= 0.3 is 12.1 Å². The van der Waals surface area contributed by atoms with Crippen molar-refractivity contribution in [3.63, 3.8) is 0 Å². The molecule has 0 spiro atoms. The minimum Gasteiger partial charge on any atom is -0.487 e. The molecule has 44 heavy (non-hydrogen) atoms. The SMILES string of the molecule is CCOC(=O)C1=C(C(F)(F)F)N=c2s/c(=C\c3cc(Cl)cc(Cl)c3OCc3cccc(Cl)c3)c(=O)n2[C@@H]1c1ccc(Cl)cc1. The van der Waals surface area contributed by atoms with Gasteiger partial charge in [0.1, 0.15) is 12.4 Å². The molecule has 2 heterocycles. The summed E-state index contributed by atoms with van der Waals surface area (Å²) in [6.07, 6.45) is -3.64. The lowest BCUT2D eigenvalue weighted by molar-refractivity contribution is -0.140. The van der Waals surface area contributed by atoms with Crippen LogP contribution >= 0.6 is 57.7 Å². The van der Waals surface area contributed by atoms with Crippen LogP contribution in [0, 0.1) is 0 Å². The molecule has 14 heteroatoms. The molecule has 1 aliphatic heterocycles. The van der Waals surface area contributed by atoms with E-state index in [1.165, 1.54) is 49.4 Å². The van der Waals surface area contributed by atoms with Crippen molar-refractivity contribution < 1.29 is 27.4 Å². The molecule has 228 valence electrons. The van der Waals surface area contributed by atoms with Gasteiger partial charge in [0.15, 0.2) is 10.5 Å². The molecule has 6 nitrogen and oxygen atoms in total. The van der Waals surface area contributed by atoms with Gasteiger partial charge in [-0.15, -0.1) is 0 Å². The van der Waals surface area contributed by atoms with E-state index in [2.05, 4.69) is 4.99 Å². The lowest BCUT2D eigenvalue weighted by atomic mass is 9.95. The fourth-order valence-corrected chi connectivity index (χ4v) is 6.46. The average molecular weight is 702 g/mol. The summed E-state index contributed by atoms with van der Waals surface area (Å²) in [6.45, 7) is 1.33. The number of carbonyl (C=O) groups excluding carboxylic acids is 1. The number of hydrogen-bond acceptors (Lipinski definition) is 6. The Kier molecular flexibility index (Phi) is 9.48. The van der Waals surface area contributed by atoms with Crippen molar-refractivity contribution in [2.75, 3.05) is 6.61 Å². The molecular weight excluding hydrogens is 683 g/mol. The number of aromatic nitrogens is 1. The van der Waals surface area contributed by atoms with E-state index < -0.39 is 35.0 Å². The van der Waals surface area contributed by atoms with Crippen LogP contribution in [0.5, 0.6) is 5.75 Å². The van der Waals surface area contributed by atoms with Gasteiger partial charge in [0.25, 0.3) is 5.56 Å². The fourth-order valence-electron chi connectivity index (χ4n) is 4.56. The van der Waals surface area contributed by atoms with E-state index in [1.807, 2.05) is 0 Å². The quantitative estimate of drug-likeness (QED) is 0.187. The summed E-state index contributed by atoms with van der Waals surface area (Å²) < 4.78 is 55.1. The van der Waals surface area contributed by atoms with Gasteiger partial charge in [0, 0.05) is 20.6 Å². The van der Waals surface area contributed by atoms with Gasteiger partial charge in [-0.3, -0.25) is 9.36 Å². The van der Waals surface area contributed by atoms with Gasteiger partial charge in [0.05, 0.1) is 27.8 Å². The Hall–Kier alpha value is -3.28. The first-order valence-corrected chi connectivity index (χ1v) is 15.1. The molecule has 0 saturated carbocycles. The molecule has 1 aliphatic rings. The van der Waals surface area contributed by atoms with Crippen molar-refractivity contribution in [3.8, 4) is 5.75 Å². The second kappa shape index (κ2) is 13.0. The van der Waals surface area contributed by atoms with Crippen molar-refractivity contribution in [1.29, 1.82) is 0 Å². The number of alkyl halides is 3. The van der Waals surface area contributed by atoms with Gasteiger partial charge in [0.2, 0.25) is 0 Å². The molecule has 3 aromatic carbocycles. The van der Waals surface area contributed by atoms with Gasteiger partial charge in [-0.2, -0.15) is 13.2 Å². The summed E-state index contributed by atoms with van der Waals surface area (Å²) in [4.78, 5) is 30.4. The number of fused-ring (bicyclic) bond motifs is 1. The van der Waals surface area contributed by atoms with E-state index in [0.717, 1.165) is 10.1 Å². The zero-order valence-corrected chi connectivity index (χ0v) is 26.3. The number of benzene rings is 3. The van der Waals surface area contributed by atoms with Crippen LogP contribution in [0.25, 0.3) is 6.08 Å². The molecule has 0 N–H and O–H groups in total. The Morgan fingerprint density at radius 3 is 2.41 bits per heavy atom. The second-order valence-electron chi connectivity index (χ2n) is 9.34. The van der Waals surface area contributed by atoms with Crippen LogP contribution in [-0.2, 0) is 16.1 Å². The van der Waals surface area contributed by atoms with Crippen LogP contribution in [0.1, 0.15) is 29.7 Å². The van der Waals surface area contributed by atoms with Gasteiger partial charge in [-0.05, 0) is 60.5 Å². The third-order valence-electron chi connectivity index (χ3n) is 6.38. The van der Waals surface area contributed by atoms with Crippen LogP contribution in [-0.4, -0.2) is 23.3 Å². The van der Waals surface area contributed by atoms with Crippen molar-refractivity contribution in [2.24, 2.45) is 4.99 Å². The third-order valence-corrected chi connectivity index (χ3v) is 8.35. The van der Waals surface area contributed by atoms with Gasteiger partial charge < -0.3 is 9.47 Å². The van der Waals surface area contributed by atoms with Crippen LogP contribution in [0.15, 0.2) is 81.7 Å². The first-order valence-electron chi connectivity index (χ1n) is 12.8. The maximum atomic E-state index is 14.4. The van der Waals surface area contributed by atoms with Crippen LogP contribution in [0.3, 0.4) is 0 Å². The highest BCUT2D eigenvalue weighted by Gasteiger charge is 2.45. The summed E-state index contributed by atoms with van der Waals surface area (Å²) in [7, 11) is 0. The van der Waals surface area contributed by atoms with Crippen molar-refractivity contribution in [2.45, 2.75) is 25.7 Å². The minimum absolute atomic E-state index is 0.0136. The summed E-state index contributed by atoms with van der Waals surface area (Å²) >= 11 is 25.5. The Labute approximate surface area is 272 Å². The highest BCUT2D eigenvalue weighted by atomic mass is 35.5. The zero-order valence-electron chi connectivity index (χ0n) is 22.4. The number of carbonyl (C=O) groups is 1. The van der Waals surface area contributed by atoms with Crippen LogP contribution < -0.4 is 19.6 Å². The standard InChI is InChI=1S/C30H19Cl4F3N2O4S/c1-2-42-28(41)23-24(16-6-8-18(31)9-7-16)39-27(40)22(44-29(39)38-26(23)30(35,36)37)12-17-11-20(33)13-21(34)25(17)43-14-15-4-3-5-19(32)10-15/h3-13,24H,2,14H2,1H3/b22-12-/t24-/m1/s1. The molecule has 0 aliphatic carbocycles. The Morgan fingerprint density at radius 1 is 1.02 bits per heavy atom. The summed E-state index contributed by atoms with van der Waals surface area (Å²) in [5.74, 6) is -1.07. The number of nitrogens with zero attached hydrogens (tertiary/aromatic N) is 2. The molecule has 0 bridgehead atoms. The Morgan fingerprint density at radius 2 is 1.75 bits per heavy atom. The number of hydrogen-bond donors (Lipinski definition) is 0. The number of thiazole rings is 1. The molecular formula is C30H19Cl4F3N2O4S. The lowest BCUT2D eigenvalue weighted by Crippen LogP contribution is -2.41. The van der Waals surface area contributed by atoms with Crippen molar-refractivity contribution in [3.05, 3.63) is 128 Å². The largest absolute Gasteiger partial charge is 0.487 e. The molecule has 1 atom stereocenters.